The summed E-state index contributed by atoms with van der Waals surface area (Å²) in [5, 5.41) is 22.0. The third-order valence-electron chi connectivity index (χ3n) is 4.89. The molecule has 27 heavy (non-hydrogen) atoms. The molecule has 1 fully saturated rings. The quantitative estimate of drug-likeness (QED) is 0.823. The first-order valence-electron chi connectivity index (χ1n) is 8.28. The molecule has 0 bridgehead atoms. The maximum atomic E-state index is 13.3. The summed E-state index contributed by atoms with van der Waals surface area (Å²) in [7, 11) is 0. The number of nitrogens with zero attached hydrogens (tertiary/aromatic N) is 2. The van der Waals surface area contributed by atoms with Crippen LogP contribution in [0.15, 0.2) is 59.1 Å². The second kappa shape index (κ2) is 6.68. The van der Waals surface area contributed by atoms with Crippen LogP contribution in [-0.2, 0) is 10.5 Å². The van der Waals surface area contributed by atoms with Gasteiger partial charge in [-0.15, -0.1) is 11.8 Å². The van der Waals surface area contributed by atoms with E-state index in [4.69, 9.17) is 11.6 Å². The summed E-state index contributed by atoms with van der Waals surface area (Å²) >= 11 is 7.20. The highest BCUT2D eigenvalue weighted by Gasteiger charge is 2.51. The van der Waals surface area contributed by atoms with E-state index >= 15 is 0 Å². The lowest BCUT2D eigenvalue weighted by atomic mass is 9.85. The van der Waals surface area contributed by atoms with E-state index in [1.54, 1.807) is 24.3 Å². The SMILES string of the molecule is N#CC1=C2SC[C@@](O)(c3ccc(F)cc3)N2C(=O)C[C@@H]1c1ccc(Cl)cc1. The first-order valence-corrected chi connectivity index (χ1v) is 9.64. The van der Waals surface area contributed by atoms with Crippen molar-refractivity contribution >= 4 is 29.3 Å². The van der Waals surface area contributed by atoms with Gasteiger partial charge in [0.2, 0.25) is 5.91 Å². The Morgan fingerprint density at radius 3 is 2.52 bits per heavy atom. The molecule has 0 radical (unpaired) electrons. The molecule has 0 unspecified atom stereocenters. The third kappa shape index (κ3) is 2.92. The molecule has 4 nitrogen and oxygen atoms in total. The fraction of sp³-hybridized carbons (Fsp3) is 0.200. The van der Waals surface area contributed by atoms with Crippen molar-refractivity contribution in [3.05, 3.63) is 81.1 Å². The topological polar surface area (TPSA) is 64.3 Å². The Balaban J connectivity index is 1.79. The molecule has 2 aliphatic heterocycles. The number of fused-ring (bicyclic) bond motifs is 1. The van der Waals surface area contributed by atoms with Crippen LogP contribution in [0, 0.1) is 17.1 Å². The van der Waals surface area contributed by atoms with Gasteiger partial charge >= 0.3 is 0 Å². The molecule has 2 aromatic rings. The maximum Gasteiger partial charge on any atom is 0.231 e. The van der Waals surface area contributed by atoms with Crippen LogP contribution in [0.1, 0.15) is 23.5 Å². The predicted molar refractivity (Wildman–Crippen MR) is 101 cm³/mol. The fourth-order valence-corrected chi connectivity index (χ4v) is 5.02. The number of hydrogen-bond acceptors (Lipinski definition) is 4. The van der Waals surface area contributed by atoms with Gasteiger partial charge in [0, 0.05) is 22.9 Å². The number of amides is 1. The number of thioether (sulfide) groups is 1. The Bertz CT molecular complexity index is 985. The van der Waals surface area contributed by atoms with E-state index in [-0.39, 0.29) is 24.0 Å². The van der Waals surface area contributed by atoms with Gasteiger partial charge in [-0.1, -0.05) is 35.9 Å². The zero-order chi connectivity index (χ0) is 19.2. The first kappa shape index (κ1) is 18.1. The smallest absolute Gasteiger partial charge is 0.231 e. The van der Waals surface area contributed by atoms with Gasteiger partial charge in [0.15, 0.2) is 5.72 Å². The van der Waals surface area contributed by atoms with E-state index in [1.165, 1.54) is 40.9 Å². The van der Waals surface area contributed by atoms with E-state index in [0.29, 0.717) is 21.2 Å². The van der Waals surface area contributed by atoms with Crippen molar-refractivity contribution in [2.75, 3.05) is 5.75 Å². The molecule has 2 aliphatic rings. The van der Waals surface area contributed by atoms with E-state index in [0.717, 1.165) is 5.56 Å². The number of allylic oxidation sites excluding steroid dienone is 1. The molecule has 0 spiro atoms. The van der Waals surface area contributed by atoms with Crippen LogP contribution in [-0.4, -0.2) is 21.7 Å². The standard InChI is InChI=1S/C20H14ClFN2O2S/c21-14-5-1-12(2-6-14)16-9-18(25)24-19(17(16)10-23)27-11-20(24,26)13-3-7-15(22)8-4-13/h1-8,16,26H,9,11H2/t16-,20-/m1/s1. The molecule has 2 atom stereocenters. The third-order valence-corrected chi connectivity index (χ3v) is 6.36. The highest BCUT2D eigenvalue weighted by Crippen LogP contribution is 2.51. The van der Waals surface area contributed by atoms with Gasteiger partial charge in [-0.3, -0.25) is 9.69 Å². The van der Waals surface area contributed by atoms with E-state index in [9.17, 15) is 19.6 Å². The summed E-state index contributed by atoms with van der Waals surface area (Å²) in [4.78, 5) is 14.2. The fourth-order valence-electron chi connectivity index (χ4n) is 3.54. The van der Waals surface area contributed by atoms with Gasteiger partial charge in [0.1, 0.15) is 5.82 Å². The van der Waals surface area contributed by atoms with Crippen molar-refractivity contribution in [2.24, 2.45) is 0 Å². The van der Waals surface area contributed by atoms with Gasteiger partial charge in [0.25, 0.3) is 0 Å². The largest absolute Gasteiger partial charge is 0.366 e. The molecule has 1 saturated heterocycles. The van der Waals surface area contributed by atoms with Crippen LogP contribution >= 0.6 is 23.4 Å². The van der Waals surface area contributed by atoms with Gasteiger partial charge in [-0.25, -0.2) is 4.39 Å². The maximum absolute atomic E-state index is 13.3. The zero-order valence-electron chi connectivity index (χ0n) is 14.0. The van der Waals surface area contributed by atoms with Crippen molar-refractivity contribution in [2.45, 2.75) is 18.1 Å². The molecule has 1 N–H and O–H groups in total. The van der Waals surface area contributed by atoms with Crippen molar-refractivity contribution < 1.29 is 14.3 Å². The second-order valence-corrected chi connectivity index (χ2v) is 7.88. The molecular formula is C20H14ClFN2O2S. The Morgan fingerprint density at radius 2 is 1.89 bits per heavy atom. The molecular weight excluding hydrogens is 387 g/mol. The molecule has 0 aliphatic carbocycles. The number of carbonyl (C=O) groups is 1. The number of halogens is 2. The van der Waals surface area contributed by atoms with Crippen molar-refractivity contribution in [1.29, 1.82) is 5.26 Å². The summed E-state index contributed by atoms with van der Waals surface area (Å²) in [6.07, 6.45) is 0.0675. The van der Waals surface area contributed by atoms with Crippen LogP contribution in [0.2, 0.25) is 5.02 Å². The lowest BCUT2D eigenvalue weighted by Gasteiger charge is -2.38. The summed E-state index contributed by atoms with van der Waals surface area (Å²) in [6, 6.07) is 14.7. The average Bonchev–Trinajstić information content (AvgIpc) is 3.02. The highest BCUT2D eigenvalue weighted by atomic mass is 35.5. The number of nitriles is 1. The highest BCUT2D eigenvalue weighted by molar-refractivity contribution is 8.03. The predicted octanol–water partition coefficient (Wildman–Crippen LogP) is 4.12. The number of benzene rings is 2. The molecule has 2 aromatic carbocycles. The van der Waals surface area contributed by atoms with Crippen molar-refractivity contribution in [3.63, 3.8) is 0 Å². The Kier molecular flexibility index (Phi) is 4.47. The molecule has 0 aromatic heterocycles. The van der Waals surface area contributed by atoms with Crippen LogP contribution in [0.3, 0.4) is 0 Å². The normalized spacial score (nSPS) is 24.7. The Labute approximate surface area is 164 Å². The summed E-state index contributed by atoms with van der Waals surface area (Å²) < 4.78 is 13.3. The zero-order valence-corrected chi connectivity index (χ0v) is 15.6. The summed E-state index contributed by atoms with van der Waals surface area (Å²) in [5.74, 6) is -0.901. The number of carbonyl (C=O) groups excluding carboxylic acids is 1. The monoisotopic (exact) mass is 400 g/mol. The van der Waals surface area contributed by atoms with E-state index < -0.39 is 11.5 Å². The Morgan fingerprint density at radius 1 is 1.22 bits per heavy atom. The average molecular weight is 401 g/mol. The molecule has 1 amide bonds. The second-order valence-electron chi connectivity index (χ2n) is 6.48. The van der Waals surface area contributed by atoms with Crippen LogP contribution in [0.5, 0.6) is 0 Å². The molecule has 7 heteroatoms. The molecule has 0 saturated carbocycles. The molecule has 2 heterocycles. The van der Waals surface area contributed by atoms with Gasteiger partial charge in [-0.2, -0.15) is 5.26 Å². The summed E-state index contributed by atoms with van der Waals surface area (Å²) in [6.45, 7) is 0. The number of rotatable bonds is 2. The minimum Gasteiger partial charge on any atom is -0.366 e. The minimum atomic E-state index is -1.60. The number of aliphatic hydroxyl groups is 1. The van der Waals surface area contributed by atoms with E-state index in [2.05, 4.69) is 6.07 Å². The lowest BCUT2D eigenvalue weighted by molar-refractivity contribution is -0.149. The van der Waals surface area contributed by atoms with Crippen LogP contribution in [0.4, 0.5) is 4.39 Å². The first-order chi connectivity index (χ1) is 12.9. The van der Waals surface area contributed by atoms with Gasteiger partial charge in [0.05, 0.1) is 22.4 Å². The van der Waals surface area contributed by atoms with Crippen LogP contribution < -0.4 is 0 Å². The van der Waals surface area contributed by atoms with Gasteiger partial charge < -0.3 is 5.11 Å². The molecule has 136 valence electrons. The number of hydrogen-bond donors (Lipinski definition) is 1. The van der Waals surface area contributed by atoms with Crippen molar-refractivity contribution in [1.82, 2.24) is 4.90 Å². The Hall–Kier alpha value is -2.33. The van der Waals surface area contributed by atoms with Crippen molar-refractivity contribution in [3.8, 4) is 6.07 Å². The minimum absolute atomic E-state index is 0.0675. The lowest BCUT2D eigenvalue weighted by Crippen LogP contribution is -2.48. The van der Waals surface area contributed by atoms with E-state index in [1.807, 2.05) is 0 Å². The summed E-state index contributed by atoms with van der Waals surface area (Å²) in [5.41, 5.74) is 0.0916. The molecule has 4 rings (SSSR count). The van der Waals surface area contributed by atoms with Crippen LogP contribution in [0.25, 0.3) is 0 Å². The van der Waals surface area contributed by atoms with Gasteiger partial charge in [-0.05, 0) is 29.8 Å².